The van der Waals surface area contributed by atoms with Gasteiger partial charge in [0.15, 0.2) is 0 Å². The number of carbonyl (C=O) groups excluding carboxylic acids is 2. The van der Waals surface area contributed by atoms with Crippen LogP contribution in [0, 0.1) is 12.7 Å². The molecule has 0 aromatic heterocycles. The molecule has 2 aromatic rings. The summed E-state index contributed by atoms with van der Waals surface area (Å²) >= 11 is 0. The number of hydrogen-bond donors (Lipinski definition) is 1. The van der Waals surface area contributed by atoms with Crippen LogP contribution in [0.15, 0.2) is 48.5 Å². The molecule has 1 saturated heterocycles. The van der Waals surface area contributed by atoms with E-state index >= 15 is 0 Å². The third-order valence-electron chi connectivity index (χ3n) is 4.60. The quantitative estimate of drug-likeness (QED) is 0.912. The number of aryl methyl sites for hydroxylation is 1. The van der Waals surface area contributed by atoms with Crippen molar-refractivity contribution < 1.29 is 14.0 Å². The van der Waals surface area contributed by atoms with Crippen LogP contribution < -0.4 is 5.73 Å². The van der Waals surface area contributed by atoms with Crippen molar-refractivity contribution in [3.8, 4) is 0 Å². The van der Waals surface area contributed by atoms with Crippen LogP contribution in [-0.4, -0.2) is 41.2 Å². The molecular formula is C20H22FN3O2. The van der Waals surface area contributed by atoms with Gasteiger partial charge in [0.1, 0.15) is 11.9 Å². The first kappa shape index (κ1) is 18.1. The number of benzene rings is 2. The number of halogens is 1. The summed E-state index contributed by atoms with van der Waals surface area (Å²) in [5, 5.41) is 0. The highest BCUT2D eigenvalue weighted by atomic mass is 19.1. The van der Waals surface area contributed by atoms with Gasteiger partial charge in [-0.1, -0.05) is 42.0 Å². The second kappa shape index (κ2) is 7.66. The number of nitrogens with zero attached hydrogens (tertiary/aromatic N) is 2. The average molecular weight is 355 g/mol. The Morgan fingerprint density at radius 2 is 1.92 bits per heavy atom. The molecule has 0 radical (unpaired) electrons. The van der Waals surface area contributed by atoms with Crippen LogP contribution in [0.5, 0.6) is 0 Å². The summed E-state index contributed by atoms with van der Waals surface area (Å²) < 4.78 is 13.3. The van der Waals surface area contributed by atoms with E-state index in [1.54, 1.807) is 17.0 Å². The molecule has 2 aromatic carbocycles. The van der Waals surface area contributed by atoms with Crippen LogP contribution in [0.3, 0.4) is 0 Å². The van der Waals surface area contributed by atoms with E-state index < -0.39 is 6.04 Å². The number of nitrogens with two attached hydrogens (primary N) is 1. The van der Waals surface area contributed by atoms with Crippen LogP contribution in [0.4, 0.5) is 4.39 Å². The van der Waals surface area contributed by atoms with Crippen LogP contribution >= 0.6 is 0 Å². The summed E-state index contributed by atoms with van der Waals surface area (Å²) in [7, 11) is 0. The summed E-state index contributed by atoms with van der Waals surface area (Å²) in [6, 6.07) is 12.9. The number of rotatable bonds is 4. The molecule has 26 heavy (non-hydrogen) atoms. The molecule has 1 atom stereocenters. The standard InChI is InChI=1S/C20H22FN3O2/c1-14-5-7-16(8-6-14)19(22)20(26)24-10-9-23(18(25)13-24)12-15-3-2-4-17(21)11-15/h2-8,11,19H,9-10,12-13,22H2,1H3. The predicted octanol–water partition coefficient (Wildman–Crippen LogP) is 2.00. The monoisotopic (exact) mass is 355 g/mol. The Hall–Kier alpha value is -2.73. The van der Waals surface area contributed by atoms with E-state index in [1.807, 2.05) is 31.2 Å². The average Bonchev–Trinajstić information content (AvgIpc) is 2.63. The Morgan fingerprint density at radius 3 is 2.58 bits per heavy atom. The van der Waals surface area contributed by atoms with Crippen molar-refractivity contribution >= 4 is 11.8 Å². The number of amides is 2. The van der Waals surface area contributed by atoms with Crippen molar-refractivity contribution in [2.45, 2.75) is 19.5 Å². The fraction of sp³-hybridized carbons (Fsp3) is 0.300. The first-order chi connectivity index (χ1) is 12.4. The first-order valence-electron chi connectivity index (χ1n) is 8.57. The zero-order valence-electron chi connectivity index (χ0n) is 14.7. The molecule has 2 amide bonds. The van der Waals surface area contributed by atoms with E-state index in [0.29, 0.717) is 19.6 Å². The molecule has 6 heteroatoms. The maximum absolute atomic E-state index is 13.3. The Bertz CT molecular complexity index is 807. The van der Waals surface area contributed by atoms with Gasteiger partial charge >= 0.3 is 0 Å². The molecule has 2 N–H and O–H groups in total. The highest BCUT2D eigenvalue weighted by molar-refractivity contribution is 5.89. The lowest BCUT2D eigenvalue weighted by molar-refractivity contribution is -0.146. The largest absolute Gasteiger partial charge is 0.335 e. The van der Waals surface area contributed by atoms with Gasteiger partial charge in [-0.15, -0.1) is 0 Å². The lowest BCUT2D eigenvalue weighted by atomic mass is 10.0. The van der Waals surface area contributed by atoms with Crippen molar-refractivity contribution in [2.75, 3.05) is 19.6 Å². The van der Waals surface area contributed by atoms with Gasteiger partial charge < -0.3 is 15.5 Å². The minimum absolute atomic E-state index is 0.00624. The number of piperazine rings is 1. The summed E-state index contributed by atoms with van der Waals surface area (Å²) in [5.74, 6) is -0.745. The van der Waals surface area contributed by atoms with Crippen LogP contribution in [0.25, 0.3) is 0 Å². The third kappa shape index (κ3) is 4.08. The molecule has 0 bridgehead atoms. The molecule has 1 aliphatic heterocycles. The number of carbonyl (C=O) groups is 2. The fourth-order valence-corrected chi connectivity index (χ4v) is 3.03. The number of hydrogen-bond acceptors (Lipinski definition) is 3. The Balaban J connectivity index is 1.61. The highest BCUT2D eigenvalue weighted by Gasteiger charge is 2.30. The van der Waals surface area contributed by atoms with Crippen LogP contribution in [0.2, 0.25) is 0 Å². The third-order valence-corrected chi connectivity index (χ3v) is 4.60. The van der Waals surface area contributed by atoms with Crippen molar-refractivity contribution in [3.63, 3.8) is 0 Å². The molecule has 136 valence electrons. The fourth-order valence-electron chi connectivity index (χ4n) is 3.03. The Morgan fingerprint density at radius 1 is 1.19 bits per heavy atom. The maximum atomic E-state index is 13.3. The normalized spacial score (nSPS) is 15.9. The topological polar surface area (TPSA) is 66.6 Å². The molecule has 1 fully saturated rings. The summed E-state index contributed by atoms with van der Waals surface area (Å²) in [4.78, 5) is 28.1. The van der Waals surface area contributed by atoms with E-state index in [4.69, 9.17) is 5.73 Å². The van der Waals surface area contributed by atoms with Gasteiger partial charge in [-0.05, 0) is 30.2 Å². The van der Waals surface area contributed by atoms with Crippen molar-refractivity contribution in [3.05, 3.63) is 71.0 Å². The summed E-state index contributed by atoms with van der Waals surface area (Å²) in [5.41, 5.74) is 8.64. The highest BCUT2D eigenvalue weighted by Crippen LogP contribution is 2.17. The van der Waals surface area contributed by atoms with Gasteiger partial charge in [-0.25, -0.2) is 4.39 Å². The molecular weight excluding hydrogens is 333 g/mol. The molecule has 0 aliphatic carbocycles. The Kier molecular flexibility index (Phi) is 5.32. The van der Waals surface area contributed by atoms with Gasteiger partial charge in [-0.3, -0.25) is 9.59 Å². The first-order valence-corrected chi connectivity index (χ1v) is 8.57. The smallest absolute Gasteiger partial charge is 0.244 e. The minimum atomic E-state index is -0.779. The summed E-state index contributed by atoms with van der Waals surface area (Å²) in [6.07, 6.45) is 0. The van der Waals surface area contributed by atoms with E-state index in [-0.39, 0.29) is 24.2 Å². The van der Waals surface area contributed by atoms with Crippen molar-refractivity contribution in [1.82, 2.24) is 9.80 Å². The van der Waals surface area contributed by atoms with Gasteiger partial charge in [0.05, 0.1) is 6.54 Å². The van der Waals surface area contributed by atoms with Crippen LogP contribution in [0.1, 0.15) is 22.7 Å². The Labute approximate surface area is 152 Å². The SMILES string of the molecule is Cc1ccc(C(N)C(=O)N2CCN(Cc3cccc(F)c3)C(=O)C2)cc1. The molecule has 0 saturated carbocycles. The van der Waals surface area contributed by atoms with Crippen molar-refractivity contribution in [1.29, 1.82) is 0 Å². The zero-order valence-corrected chi connectivity index (χ0v) is 14.7. The predicted molar refractivity (Wildman–Crippen MR) is 96.5 cm³/mol. The van der Waals surface area contributed by atoms with Crippen LogP contribution in [-0.2, 0) is 16.1 Å². The van der Waals surface area contributed by atoms with Gasteiger partial charge in [0.2, 0.25) is 11.8 Å². The maximum Gasteiger partial charge on any atom is 0.244 e. The lowest BCUT2D eigenvalue weighted by Crippen LogP contribution is -2.53. The second-order valence-corrected chi connectivity index (χ2v) is 6.59. The minimum Gasteiger partial charge on any atom is -0.335 e. The van der Waals surface area contributed by atoms with Gasteiger partial charge in [-0.2, -0.15) is 0 Å². The van der Waals surface area contributed by atoms with Gasteiger partial charge in [0, 0.05) is 19.6 Å². The van der Waals surface area contributed by atoms with Gasteiger partial charge in [0.25, 0.3) is 0 Å². The summed E-state index contributed by atoms with van der Waals surface area (Å²) in [6.45, 7) is 3.12. The van der Waals surface area contributed by atoms with E-state index in [0.717, 1.165) is 16.7 Å². The van der Waals surface area contributed by atoms with E-state index in [9.17, 15) is 14.0 Å². The lowest BCUT2D eigenvalue weighted by Gasteiger charge is -2.35. The molecule has 5 nitrogen and oxygen atoms in total. The molecule has 1 unspecified atom stereocenters. The second-order valence-electron chi connectivity index (χ2n) is 6.59. The van der Waals surface area contributed by atoms with Crippen molar-refractivity contribution in [2.24, 2.45) is 5.73 Å². The molecule has 1 aliphatic rings. The molecule has 0 spiro atoms. The van der Waals surface area contributed by atoms with E-state index in [1.165, 1.54) is 17.0 Å². The van der Waals surface area contributed by atoms with E-state index in [2.05, 4.69) is 0 Å². The molecule has 3 rings (SSSR count). The molecule has 1 heterocycles. The zero-order chi connectivity index (χ0) is 18.7.